The largest absolute Gasteiger partial charge is 0.384 e. The van der Waals surface area contributed by atoms with E-state index in [1.807, 2.05) is 31.2 Å². The van der Waals surface area contributed by atoms with E-state index in [2.05, 4.69) is 26.3 Å². The van der Waals surface area contributed by atoms with E-state index in [-0.39, 0.29) is 5.91 Å². The Kier molecular flexibility index (Phi) is 6.59. The molecule has 1 saturated heterocycles. The molecule has 1 aliphatic rings. The molecule has 1 aromatic carbocycles. The van der Waals surface area contributed by atoms with Crippen LogP contribution in [-0.4, -0.2) is 47.3 Å². The van der Waals surface area contributed by atoms with Gasteiger partial charge in [0, 0.05) is 42.3 Å². The molecule has 3 aromatic rings. The van der Waals surface area contributed by atoms with Crippen LogP contribution in [0.15, 0.2) is 48.8 Å². The number of aliphatic hydroxyl groups is 1. The summed E-state index contributed by atoms with van der Waals surface area (Å²) >= 11 is 0. The summed E-state index contributed by atoms with van der Waals surface area (Å²) in [7, 11) is 0. The number of hydrogen-bond donors (Lipinski definition) is 2. The average Bonchev–Trinajstić information content (AvgIpc) is 2.85. The normalized spacial score (nSPS) is 13.9. The molecule has 0 radical (unpaired) electrons. The van der Waals surface area contributed by atoms with Crippen molar-refractivity contribution in [2.24, 2.45) is 0 Å². The quantitative estimate of drug-likeness (QED) is 0.602. The van der Waals surface area contributed by atoms with Crippen molar-refractivity contribution in [2.75, 3.05) is 36.5 Å². The smallest absolute Gasteiger partial charge is 0.255 e. The number of anilines is 2. The number of nitrogens with one attached hydrogen (secondary N) is 1. The van der Waals surface area contributed by atoms with Crippen LogP contribution >= 0.6 is 0 Å². The summed E-state index contributed by atoms with van der Waals surface area (Å²) in [4.78, 5) is 23.7. The zero-order chi connectivity index (χ0) is 24.3. The summed E-state index contributed by atoms with van der Waals surface area (Å²) in [5.74, 6) is 0.359. The fourth-order valence-corrected chi connectivity index (χ4v) is 3.83. The lowest BCUT2D eigenvalue weighted by Gasteiger charge is -2.28. The highest BCUT2D eigenvalue weighted by molar-refractivity contribution is 6.04. The van der Waals surface area contributed by atoms with E-state index >= 15 is 0 Å². The van der Waals surface area contributed by atoms with Gasteiger partial charge in [-0.2, -0.15) is 5.26 Å². The molecule has 0 spiro atoms. The third-order valence-corrected chi connectivity index (χ3v) is 5.75. The van der Waals surface area contributed by atoms with Crippen LogP contribution in [-0.2, 0) is 10.3 Å². The number of carbonyl (C=O) groups is 1. The Labute approximate surface area is 198 Å². The summed E-state index contributed by atoms with van der Waals surface area (Å²) < 4.78 is 5.40. The molecule has 3 heterocycles. The number of nitrogens with zero attached hydrogens (tertiary/aromatic N) is 4. The SMILES string of the molecule is Cc1ccc(NC(=O)c2ccnc(C(C)(C)O)c2)cc1-c1cnc(N2CCOCC2)c(C#N)c1. The van der Waals surface area contributed by atoms with Gasteiger partial charge in [0.05, 0.1) is 24.5 Å². The summed E-state index contributed by atoms with van der Waals surface area (Å²) in [5, 5.41) is 22.8. The minimum absolute atomic E-state index is 0.304. The maximum absolute atomic E-state index is 12.9. The average molecular weight is 458 g/mol. The van der Waals surface area contributed by atoms with Gasteiger partial charge in [0.25, 0.3) is 5.91 Å². The molecule has 8 nitrogen and oxygen atoms in total. The van der Waals surface area contributed by atoms with E-state index in [1.54, 1.807) is 32.2 Å². The topological polar surface area (TPSA) is 111 Å². The number of aryl methyl sites for hydroxylation is 1. The first-order valence-electron chi connectivity index (χ1n) is 11.1. The number of rotatable bonds is 5. The number of hydrogen-bond acceptors (Lipinski definition) is 7. The summed E-state index contributed by atoms with van der Waals surface area (Å²) in [6.45, 7) is 7.85. The lowest BCUT2D eigenvalue weighted by Crippen LogP contribution is -2.37. The van der Waals surface area contributed by atoms with Crippen molar-refractivity contribution < 1.29 is 14.6 Å². The molecule has 1 amide bonds. The molecule has 174 valence electrons. The van der Waals surface area contributed by atoms with E-state index in [4.69, 9.17) is 4.74 Å². The van der Waals surface area contributed by atoms with Crippen LogP contribution < -0.4 is 10.2 Å². The van der Waals surface area contributed by atoms with Crippen molar-refractivity contribution in [3.05, 3.63) is 71.2 Å². The van der Waals surface area contributed by atoms with E-state index in [0.29, 0.717) is 54.6 Å². The van der Waals surface area contributed by atoms with Crippen LogP contribution in [0.5, 0.6) is 0 Å². The van der Waals surface area contributed by atoms with Crippen LogP contribution in [0.4, 0.5) is 11.5 Å². The second-order valence-corrected chi connectivity index (χ2v) is 8.78. The summed E-state index contributed by atoms with van der Waals surface area (Å²) in [5.41, 5.74) is 3.46. The minimum Gasteiger partial charge on any atom is -0.384 e. The third kappa shape index (κ3) is 5.06. The molecule has 34 heavy (non-hydrogen) atoms. The van der Waals surface area contributed by atoms with Gasteiger partial charge in [-0.15, -0.1) is 0 Å². The highest BCUT2D eigenvalue weighted by Crippen LogP contribution is 2.30. The van der Waals surface area contributed by atoms with Gasteiger partial charge in [-0.05, 0) is 62.2 Å². The lowest BCUT2D eigenvalue weighted by molar-refractivity contribution is 0.0737. The Morgan fingerprint density at radius 1 is 1.18 bits per heavy atom. The molecule has 0 atom stereocenters. The van der Waals surface area contributed by atoms with Crippen LogP contribution in [0.2, 0.25) is 0 Å². The highest BCUT2D eigenvalue weighted by Gasteiger charge is 2.20. The van der Waals surface area contributed by atoms with E-state index in [1.165, 1.54) is 6.20 Å². The Bertz CT molecular complexity index is 1250. The van der Waals surface area contributed by atoms with Crippen LogP contribution in [0.25, 0.3) is 11.1 Å². The van der Waals surface area contributed by atoms with E-state index < -0.39 is 5.60 Å². The maximum Gasteiger partial charge on any atom is 0.255 e. The number of carbonyl (C=O) groups excluding carboxylic acids is 1. The van der Waals surface area contributed by atoms with Crippen molar-refractivity contribution >= 4 is 17.4 Å². The number of ether oxygens (including phenoxy) is 1. The van der Waals surface area contributed by atoms with Gasteiger partial charge < -0.3 is 20.1 Å². The zero-order valence-corrected chi connectivity index (χ0v) is 19.5. The highest BCUT2D eigenvalue weighted by atomic mass is 16.5. The third-order valence-electron chi connectivity index (χ3n) is 5.75. The fraction of sp³-hybridized carbons (Fsp3) is 0.308. The molecule has 0 aliphatic carbocycles. The predicted molar refractivity (Wildman–Crippen MR) is 130 cm³/mol. The molecule has 4 rings (SSSR count). The first-order chi connectivity index (χ1) is 16.3. The van der Waals surface area contributed by atoms with Crippen molar-refractivity contribution in [2.45, 2.75) is 26.4 Å². The molecule has 0 unspecified atom stereocenters. The van der Waals surface area contributed by atoms with Crippen molar-refractivity contribution in [1.82, 2.24) is 9.97 Å². The molecule has 8 heteroatoms. The van der Waals surface area contributed by atoms with Crippen LogP contribution in [0.1, 0.15) is 41.0 Å². The Morgan fingerprint density at radius 2 is 1.94 bits per heavy atom. The molecule has 1 aliphatic heterocycles. The number of morpholine rings is 1. The van der Waals surface area contributed by atoms with Gasteiger partial charge in [-0.1, -0.05) is 6.07 Å². The summed E-state index contributed by atoms with van der Waals surface area (Å²) in [6, 6.07) is 12.9. The van der Waals surface area contributed by atoms with Gasteiger partial charge in [0.1, 0.15) is 17.5 Å². The van der Waals surface area contributed by atoms with Crippen molar-refractivity contribution in [1.29, 1.82) is 5.26 Å². The molecule has 2 N–H and O–H groups in total. The Hall–Kier alpha value is -3.80. The minimum atomic E-state index is -1.15. The molecule has 2 aromatic heterocycles. The standard InChI is InChI=1S/C26H27N5O3/c1-17-4-5-21(30-25(32)18-6-7-28-23(13-18)26(2,3)33)14-22(17)20-12-19(15-27)24(29-16-20)31-8-10-34-11-9-31/h4-7,12-14,16,33H,8-11H2,1-3H3,(H,30,32). The number of pyridine rings is 2. The monoisotopic (exact) mass is 457 g/mol. The van der Waals surface area contributed by atoms with Crippen molar-refractivity contribution in [3.8, 4) is 17.2 Å². The number of amides is 1. The van der Waals surface area contributed by atoms with Crippen LogP contribution in [0.3, 0.4) is 0 Å². The van der Waals surface area contributed by atoms with Gasteiger partial charge >= 0.3 is 0 Å². The molecule has 1 fully saturated rings. The molecular weight excluding hydrogens is 430 g/mol. The van der Waals surface area contributed by atoms with Gasteiger partial charge in [0.15, 0.2) is 0 Å². The second-order valence-electron chi connectivity index (χ2n) is 8.78. The van der Waals surface area contributed by atoms with Gasteiger partial charge in [-0.25, -0.2) is 4.98 Å². The second kappa shape index (κ2) is 9.59. The number of aromatic nitrogens is 2. The Morgan fingerprint density at radius 3 is 2.65 bits per heavy atom. The van der Waals surface area contributed by atoms with Gasteiger partial charge in [0.2, 0.25) is 0 Å². The van der Waals surface area contributed by atoms with Gasteiger partial charge in [-0.3, -0.25) is 9.78 Å². The number of benzene rings is 1. The zero-order valence-electron chi connectivity index (χ0n) is 19.5. The number of nitriles is 1. The molecule has 0 saturated carbocycles. The molecule has 0 bridgehead atoms. The predicted octanol–water partition coefficient (Wildman–Crippen LogP) is 3.64. The van der Waals surface area contributed by atoms with E-state index in [0.717, 1.165) is 16.7 Å². The lowest BCUT2D eigenvalue weighted by atomic mass is 9.99. The van der Waals surface area contributed by atoms with Crippen molar-refractivity contribution in [3.63, 3.8) is 0 Å². The first-order valence-corrected chi connectivity index (χ1v) is 11.1. The van der Waals surface area contributed by atoms with E-state index in [9.17, 15) is 15.2 Å². The Balaban J connectivity index is 1.60. The fourth-order valence-electron chi connectivity index (χ4n) is 3.83. The summed E-state index contributed by atoms with van der Waals surface area (Å²) in [6.07, 6.45) is 3.27. The molecular formula is C26H27N5O3. The maximum atomic E-state index is 12.9. The van der Waals surface area contributed by atoms with Crippen LogP contribution in [0, 0.1) is 18.3 Å². The first kappa shape index (κ1) is 23.4.